The second-order valence-electron chi connectivity index (χ2n) is 2.02. The quantitative estimate of drug-likeness (QED) is 0.603. The molecule has 57 valence electrons. The minimum absolute atomic E-state index is 0.158. The second-order valence-corrected chi connectivity index (χ2v) is 2.02. The van der Waals surface area contributed by atoms with E-state index in [2.05, 4.69) is 0 Å². The van der Waals surface area contributed by atoms with Gasteiger partial charge in [-0.1, -0.05) is 0 Å². The van der Waals surface area contributed by atoms with Gasteiger partial charge in [-0.05, 0) is 12.1 Å². The van der Waals surface area contributed by atoms with Crippen LogP contribution in [0.5, 0.6) is 11.5 Å². The Labute approximate surface area is 64.2 Å². The number of aldehydes is 1. The maximum atomic E-state index is 10.9. The van der Waals surface area contributed by atoms with Gasteiger partial charge in [0.2, 0.25) is 0 Å². The van der Waals surface area contributed by atoms with E-state index < -0.39 is 0 Å². The lowest BCUT2D eigenvalue weighted by Crippen LogP contribution is -1.84. The molecule has 1 radical (unpaired) electrons. The van der Waals surface area contributed by atoms with Crippen LogP contribution in [0.2, 0.25) is 0 Å². The highest BCUT2D eigenvalue weighted by Gasteiger charge is 2.02. The van der Waals surface area contributed by atoms with Crippen molar-refractivity contribution < 1.29 is 14.6 Å². The molecular weight excluding hydrogens is 144 g/mol. The Kier molecular flexibility index (Phi) is 2.11. The Hall–Kier alpha value is -1.51. The first kappa shape index (κ1) is 7.60. The number of hydrogen-bond donors (Lipinski definition) is 0. The minimum atomic E-state index is -0.306. The standard InChI is InChI=1S/C8H7O3/c1-11-7-3-2-6(5-9)8(10)4-7/h2-5H,1H3. The average molecular weight is 151 g/mol. The third-order valence-corrected chi connectivity index (χ3v) is 1.35. The molecule has 0 fully saturated rings. The summed E-state index contributed by atoms with van der Waals surface area (Å²) >= 11 is 0. The van der Waals surface area contributed by atoms with Crippen LogP contribution in [-0.2, 0) is 5.11 Å². The smallest absolute Gasteiger partial charge is 0.192 e. The van der Waals surface area contributed by atoms with E-state index in [-0.39, 0.29) is 11.3 Å². The summed E-state index contributed by atoms with van der Waals surface area (Å²) in [6.07, 6.45) is 0.530. The molecule has 0 aliphatic rings. The van der Waals surface area contributed by atoms with Gasteiger partial charge in [0.25, 0.3) is 0 Å². The zero-order valence-corrected chi connectivity index (χ0v) is 6.03. The van der Waals surface area contributed by atoms with Crippen molar-refractivity contribution in [2.45, 2.75) is 0 Å². The van der Waals surface area contributed by atoms with Gasteiger partial charge in [-0.25, -0.2) is 0 Å². The molecule has 0 amide bonds. The van der Waals surface area contributed by atoms with Gasteiger partial charge >= 0.3 is 0 Å². The van der Waals surface area contributed by atoms with Crippen molar-refractivity contribution in [3.63, 3.8) is 0 Å². The number of carbonyl (C=O) groups is 1. The highest BCUT2D eigenvalue weighted by molar-refractivity contribution is 5.79. The fourth-order valence-electron chi connectivity index (χ4n) is 0.739. The van der Waals surface area contributed by atoms with E-state index in [1.807, 2.05) is 0 Å². The summed E-state index contributed by atoms with van der Waals surface area (Å²) in [5, 5.41) is 10.9. The predicted octanol–water partition coefficient (Wildman–Crippen LogP) is 1.65. The average Bonchev–Trinajstić information content (AvgIpc) is 2.04. The van der Waals surface area contributed by atoms with Gasteiger partial charge in [0.1, 0.15) is 5.75 Å². The van der Waals surface area contributed by atoms with Gasteiger partial charge in [-0.15, -0.1) is 0 Å². The molecule has 0 aliphatic carbocycles. The van der Waals surface area contributed by atoms with Crippen LogP contribution in [0.15, 0.2) is 18.2 Å². The molecule has 3 nitrogen and oxygen atoms in total. The summed E-state index contributed by atoms with van der Waals surface area (Å²) in [5.41, 5.74) is 0.158. The fourth-order valence-corrected chi connectivity index (χ4v) is 0.739. The summed E-state index contributed by atoms with van der Waals surface area (Å²) in [6.45, 7) is 0. The van der Waals surface area contributed by atoms with Gasteiger partial charge in [0, 0.05) is 6.07 Å². The third kappa shape index (κ3) is 1.49. The SMILES string of the molecule is COc1ccc(C=O)c([O])c1. The number of carbonyl (C=O) groups excluding carboxylic acids is 1. The molecule has 0 aromatic heterocycles. The normalized spacial score (nSPS) is 9.18. The van der Waals surface area contributed by atoms with Gasteiger partial charge in [-0.3, -0.25) is 9.90 Å². The second kappa shape index (κ2) is 3.05. The highest BCUT2D eigenvalue weighted by Crippen LogP contribution is 2.22. The van der Waals surface area contributed by atoms with Crippen LogP contribution in [0.4, 0.5) is 0 Å². The Balaban J connectivity index is 3.09. The molecule has 0 aliphatic heterocycles. The first-order chi connectivity index (χ1) is 5.27. The molecule has 11 heavy (non-hydrogen) atoms. The fraction of sp³-hybridized carbons (Fsp3) is 0.125. The lowest BCUT2D eigenvalue weighted by Gasteiger charge is -1.98. The van der Waals surface area contributed by atoms with Gasteiger partial charge in [-0.2, -0.15) is 0 Å². The van der Waals surface area contributed by atoms with Crippen molar-refractivity contribution in [2.24, 2.45) is 0 Å². The summed E-state index contributed by atoms with van der Waals surface area (Å²) in [4.78, 5) is 10.2. The van der Waals surface area contributed by atoms with Crippen molar-refractivity contribution in [2.75, 3.05) is 7.11 Å². The van der Waals surface area contributed by atoms with E-state index in [1.54, 1.807) is 6.07 Å². The molecule has 3 heteroatoms. The van der Waals surface area contributed by atoms with E-state index in [0.29, 0.717) is 12.0 Å². The largest absolute Gasteiger partial charge is 0.497 e. The molecule has 0 bridgehead atoms. The highest BCUT2D eigenvalue weighted by atomic mass is 16.5. The first-order valence-corrected chi connectivity index (χ1v) is 3.08. The monoisotopic (exact) mass is 151 g/mol. The summed E-state index contributed by atoms with van der Waals surface area (Å²) in [7, 11) is 1.47. The van der Waals surface area contributed by atoms with Crippen molar-refractivity contribution in [1.29, 1.82) is 0 Å². The number of hydrogen-bond acceptors (Lipinski definition) is 2. The molecule has 0 heterocycles. The molecular formula is C8H7O3. The van der Waals surface area contributed by atoms with Crippen molar-refractivity contribution in [1.82, 2.24) is 0 Å². The maximum Gasteiger partial charge on any atom is 0.192 e. The lowest BCUT2D eigenvalue weighted by atomic mass is 10.2. The van der Waals surface area contributed by atoms with Crippen LogP contribution in [0.1, 0.15) is 10.4 Å². The summed E-state index contributed by atoms with van der Waals surface area (Å²) < 4.78 is 4.78. The lowest BCUT2D eigenvalue weighted by molar-refractivity contribution is 0.111. The number of methoxy groups -OCH3 is 1. The molecule has 1 aromatic carbocycles. The van der Waals surface area contributed by atoms with E-state index in [4.69, 9.17) is 4.74 Å². The van der Waals surface area contributed by atoms with Crippen LogP contribution in [0, 0.1) is 0 Å². The molecule has 0 atom stereocenters. The van der Waals surface area contributed by atoms with Crippen LogP contribution in [0.3, 0.4) is 0 Å². The zero-order valence-electron chi connectivity index (χ0n) is 6.03. The third-order valence-electron chi connectivity index (χ3n) is 1.35. The van der Waals surface area contributed by atoms with Crippen LogP contribution in [0.25, 0.3) is 0 Å². The number of rotatable bonds is 2. The Bertz CT molecular complexity index is 268. The topological polar surface area (TPSA) is 46.2 Å². The molecule has 0 N–H and O–H groups in total. The minimum Gasteiger partial charge on any atom is -0.497 e. The molecule has 0 unspecified atom stereocenters. The van der Waals surface area contributed by atoms with Crippen LogP contribution >= 0.6 is 0 Å². The molecule has 0 saturated heterocycles. The van der Waals surface area contributed by atoms with Crippen molar-refractivity contribution in [3.8, 4) is 11.5 Å². The molecule has 0 saturated carbocycles. The number of benzene rings is 1. The first-order valence-electron chi connectivity index (χ1n) is 3.08. The molecule has 0 spiro atoms. The van der Waals surface area contributed by atoms with Crippen molar-refractivity contribution in [3.05, 3.63) is 23.8 Å². The van der Waals surface area contributed by atoms with E-state index in [1.165, 1.54) is 19.2 Å². The number of ether oxygens (including phenoxy) is 1. The van der Waals surface area contributed by atoms with Crippen molar-refractivity contribution >= 4 is 6.29 Å². The maximum absolute atomic E-state index is 10.9. The van der Waals surface area contributed by atoms with Gasteiger partial charge < -0.3 is 4.74 Å². The predicted molar refractivity (Wildman–Crippen MR) is 38.5 cm³/mol. The Morgan fingerprint density at radius 2 is 2.18 bits per heavy atom. The van der Waals surface area contributed by atoms with E-state index >= 15 is 0 Å². The zero-order chi connectivity index (χ0) is 8.27. The van der Waals surface area contributed by atoms with E-state index in [0.717, 1.165) is 0 Å². The van der Waals surface area contributed by atoms with Gasteiger partial charge in [0.05, 0.1) is 12.7 Å². The molecule has 1 aromatic rings. The van der Waals surface area contributed by atoms with E-state index in [9.17, 15) is 9.90 Å². The summed E-state index contributed by atoms with van der Waals surface area (Å²) in [5.74, 6) is 0.167. The molecule has 1 rings (SSSR count). The van der Waals surface area contributed by atoms with Crippen LogP contribution in [-0.4, -0.2) is 13.4 Å². The Morgan fingerprint density at radius 3 is 2.64 bits per heavy atom. The van der Waals surface area contributed by atoms with Gasteiger partial charge in [0.15, 0.2) is 12.0 Å². The summed E-state index contributed by atoms with van der Waals surface area (Å²) in [6, 6.07) is 4.29. The van der Waals surface area contributed by atoms with Crippen LogP contribution < -0.4 is 4.74 Å². The Morgan fingerprint density at radius 1 is 1.45 bits per heavy atom.